The van der Waals surface area contributed by atoms with E-state index in [1.54, 1.807) is 4.90 Å². The Morgan fingerprint density at radius 1 is 1.22 bits per heavy atom. The van der Waals surface area contributed by atoms with Gasteiger partial charge >= 0.3 is 0 Å². The molecule has 3 aliphatic rings. The Labute approximate surface area is 196 Å². The Hall–Kier alpha value is -2.20. The molecule has 1 aromatic carbocycles. The number of ether oxygens (including phenoxy) is 2. The van der Waals surface area contributed by atoms with Crippen LogP contribution in [0.5, 0.6) is 0 Å². The molecule has 5 rings (SSSR count). The molecule has 3 aliphatic heterocycles. The SMILES string of the molecule is O=C(Cn1cc(/C=C2\SC(=S)N(C[C@@H]3CCCO3)C2=O)c2ccccc21)N1CCOCC1. The molecule has 9 heteroatoms. The predicted molar refractivity (Wildman–Crippen MR) is 128 cm³/mol. The normalized spacial score (nSPS) is 23.1. The number of nitrogens with zero attached hydrogens (tertiary/aromatic N) is 3. The lowest BCUT2D eigenvalue weighted by Crippen LogP contribution is -2.42. The van der Waals surface area contributed by atoms with E-state index in [1.165, 1.54) is 11.8 Å². The Morgan fingerprint density at radius 2 is 2.03 bits per heavy atom. The first-order valence-electron chi connectivity index (χ1n) is 10.9. The minimum atomic E-state index is -0.0725. The number of morpholine rings is 1. The average Bonchev–Trinajstić information content (AvgIpc) is 3.51. The summed E-state index contributed by atoms with van der Waals surface area (Å²) in [7, 11) is 0. The fraction of sp³-hybridized carbons (Fsp3) is 0.435. The highest BCUT2D eigenvalue weighted by molar-refractivity contribution is 8.26. The summed E-state index contributed by atoms with van der Waals surface area (Å²) in [6.07, 6.45) is 5.89. The zero-order valence-corrected chi connectivity index (χ0v) is 19.3. The van der Waals surface area contributed by atoms with E-state index in [4.69, 9.17) is 21.7 Å². The molecular formula is C23H25N3O4S2. The quantitative estimate of drug-likeness (QED) is 0.494. The van der Waals surface area contributed by atoms with E-state index in [0.717, 1.165) is 35.9 Å². The van der Waals surface area contributed by atoms with Crippen molar-refractivity contribution in [2.45, 2.75) is 25.5 Å². The number of thiocarbonyl (C=S) groups is 1. The van der Waals surface area contributed by atoms with Gasteiger partial charge in [-0.3, -0.25) is 14.5 Å². The number of para-hydroxylation sites is 1. The largest absolute Gasteiger partial charge is 0.378 e. The standard InChI is InChI=1S/C23H25N3O4S2/c27-21(24-7-10-29-11-8-24)15-25-13-16(18-5-1-2-6-19(18)25)12-20-22(28)26(23(31)32-20)14-17-4-3-9-30-17/h1-2,5-6,12-13,17H,3-4,7-11,14-15H2/b20-12-/t17-/m0/s1. The van der Waals surface area contributed by atoms with Gasteiger partial charge in [0.05, 0.1) is 30.8 Å². The second-order valence-corrected chi connectivity index (χ2v) is 9.83. The zero-order valence-electron chi connectivity index (χ0n) is 17.7. The van der Waals surface area contributed by atoms with Crippen LogP contribution in [0.4, 0.5) is 0 Å². The first kappa shape index (κ1) is 21.6. The second kappa shape index (κ2) is 9.35. The van der Waals surface area contributed by atoms with Crippen LogP contribution in [-0.4, -0.2) is 76.1 Å². The maximum atomic E-state index is 13.0. The van der Waals surface area contributed by atoms with Crippen molar-refractivity contribution in [2.24, 2.45) is 0 Å². The number of aromatic nitrogens is 1. The highest BCUT2D eigenvalue weighted by Crippen LogP contribution is 2.35. The molecular weight excluding hydrogens is 446 g/mol. The Balaban J connectivity index is 1.39. The molecule has 1 aromatic heterocycles. The van der Waals surface area contributed by atoms with Gasteiger partial charge in [-0.15, -0.1) is 0 Å². The molecule has 4 heterocycles. The second-order valence-electron chi connectivity index (χ2n) is 8.15. The van der Waals surface area contributed by atoms with Crippen molar-refractivity contribution in [3.05, 3.63) is 40.9 Å². The minimum absolute atomic E-state index is 0.0602. The highest BCUT2D eigenvalue weighted by atomic mass is 32.2. The molecule has 3 fully saturated rings. The summed E-state index contributed by atoms with van der Waals surface area (Å²) >= 11 is 6.81. The van der Waals surface area contributed by atoms with Crippen LogP contribution < -0.4 is 0 Å². The molecule has 2 aromatic rings. The minimum Gasteiger partial charge on any atom is -0.378 e. The molecule has 0 unspecified atom stereocenters. The first-order valence-corrected chi connectivity index (χ1v) is 12.1. The van der Waals surface area contributed by atoms with Gasteiger partial charge in [-0.2, -0.15) is 0 Å². The summed E-state index contributed by atoms with van der Waals surface area (Å²) in [6.45, 7) is 3.93. The molecule has 0 N–H and O–H groups in total. The molecule has 2 amide bonds. The van der Waals surface area contributed by atoms with Crippen LogP contribution in [0.2, 0.25) is 0 Å². The van der Waals surface area contributed by atoms with Gasteiger partial charge in [0.2, 0.25) is 5.91 Å². The van der Waals surface area contributed by atoms with Crippen LogP contribution in [0.3, 0.4) is 0 Å². The number of thioether (sulfide) groups is 1. The van der Waals surface area contributed by atoms with Crippen molar-refractivity contribution in [3.8, 4) is 0 Å². The summed E-state index contributed by atoms with van der Waals surface area (Å²) in [5, 5.41) is 1.01. The lowest BCUT2D eigenvalue weighted by Gasteiger charge is -2.27. The third kappa shape index (κ3) is 4.34. The number of carbonyl (C=O) groups is 2. The van der Waals surface area contributed by atoms with Crippen molar-refractivity contribution in [3.63, 3.8) is 0 Å². The smallest absolute Gasteiger partial charge is 0.266 e. The van der Waals surface area contributed by atoms with Gasteiger partial charge in [-0.25, -0.2) is 0 Å². The van der Waals surface area contributed by atoms with Crippen LogP contribution in [-0.2, 0) is 25.6 Å². The molecule has 32 heavy (non-hydrogen) atoms. The van der Waals surface area contributed by atoms with E-state index in [1.807, 2.05) is 46.0 Å². The summed E-state index contributed by atoms with van der Waals surface area (Å²) in [4.78, 5) is 30.0. The van der Waals surface area contributed by atoms with Gasteiger partial charge in [0.25, 0.3) is 5.91 Å². The van der Waals surface area contributed by atoms with E-state index in [9.17, 15) is 9.59 Å². The van der Waals surface area contributed by atoms with Crippen LogP contribution >= 0.6 is 24.0 Å². The van der Waals surface area contributed by atoms with E-state index in [2.05, 4.69) is 0 Å². The monoisotopic (exact) mass is 471 g/mol. The van der Waals surface area contributed by atoms with Gasteiger partial charge in [0, 0.05) is 42.4 Å². The van der Waals surface area contributed by atoms with Gasteiger partial charge in [-0.1, -0.05) is 42.2 Å². The number of hydrogen-bond donors (Lipinski definition) is 0. The number of amides is 2. The number of fused-ring (bicyclic) bond motifs is 1. The van der Waals surface area contributed by atoms with Crippen molar-refractivity contribution < 1.29 is 19.1 Å². The van der Waals surface area contributed by atoms with Crippen molar-refractivity contribution in [1.82, 2.24) is 14.4 Å². The topological polar surface area (TPSA) is 64.0 Å². The van der Waals surface area contributed by atoms with Gasteiger partial charge in [0.1, 0.15) is 10.9 Å². The Bertz CT molecular complexity index is 1080. The van der Waals surface area contributed by atoms with Crippen LogP contribution in [0.1, 0.15) is 18.4 Å². The van der Waals surface area contributed by atoms with E-state index >= 15 is 0 Å². The molecule has 0 spiro atoms. The zero-order chi connectivity index (χ0) is 22.1. The fourth-order valence-corrected chi connectivity index (χ4v) is 5.64. The lowest BCUT2D eigenvalue weighted by molar-refractivity contribution is -0.135. The van der Waals surface area contributed by atoms with E-state index in [-0.39, 0.29) is 24.5 Å². The van der Waals surface area contributed by atoms with Crippen LogP contribution in [0, 0.1) is 0 Å². The van der Waals surface area contributed by atoms with Crippen LogP contribution in [0.15, 0.2) is 35.4 Å². The number of benzene rings is 1. The molecule has 0 bridgehead atoms. The van der Waals surface area contributed by atoms with Crippen molar-refractivity contribution >= 4 is 57.1 Å². The highest BCUT2D eigenvalue weighted by Gasteiger charge is 2.34. The molecule has 7 nitrogen and oxygen atoms in total. The number of rotatable bonds is 5. The van der Waals surface area contributed by atoms with Crippen molar-refractivity contribution in [1.29, 1.82) is 0 Å². The Kier molecular flexibility index (Phi) is 6.32. The fourth-order valence-electron chi connectivity index (χ4n) is 4.37. The molecule has 0 aliphatic carbocycles. The Morgan fingerprint density at radius 3 is 2.81 bits per heavy atom. The first-order chi connectivity index (χ1) is 15.6. The third-order valence-electron chi connectivity index (χ3n) is 6.06. The summed E-state index contributed by atoms with van der Waals surface area (Å²) in [5.74, 6) is 0.000199. The maximum absolute atomic E-state index is 13.0. The maximum Gasteiger partial charge on any atom is 0.266 e. The van der Waals surface area contributed by atoms with Crippen LogP contribution in [0.25, 0.3) is 17.0 Å². The molecule has 3 saturated heterocycles. The van der Waals surface area contributed by atoms with Crippen molar-refractivity contribution in [2.75, 3.05) is 39.5 Å². The average molecular weight is 472 g/mol. The molecule has 0 radical (unpaired) electrons. The number of carbonyl (C=O) groups excluding carboxylic acids is 2. The molecule has 1 atom stereocenters. The van der Waals surface area contributed by atoms with E-state index < -0.39 is 0 Å². The van der Waals surface area contributed by atoms with Gasteiger partial charge in [-0.05, 0) is 25.0 Å². The van der Waals surface area contributed by atoms with Gasteiger partial charge < -0.3 is 18.9 Å². The van der Waals surface area contributed by atoms with E-state index in [0.29, 0.717) is 42.1 Å². The predicted octanol–water partition coefficient (Wildman–Crippen LogP) is 2.88. The summed E-state index contributed by atoms with van der Waals surface area (Å²) in [6, 6.07) is 7.95. The van der Waals surface area contributed by atoms with Gasteiger partial charge in [0.15, 0.2) is 0 Å². The number of hydrogen-bond acceptors (Lipinski definition) is 6. The third-order valence-corrected chi connectivity index (χ3v) is 7.44. The summed E-state index contributed by atoms with van der Waals surface area (Å²) < 4.78 is 13.6. The lowest BCUT2D eigenvalue weighted by atomic mass is 10.1. The summed E-state index contributed by atoms with van der Waals surface area (Å²) in [5.41, 5.74) is 1.88. The molecule has 168 valence electrons. The molecule has 0 saturated carbocycles.